The van der Waals surface area contributed by atoms with E-state index >= 15 is 0 Å². The Morgan fingerprint density at radius 3 is 2.58 bits per heavy atom. The number of rotatable bonds is 3. The molecule has 0 aromatic carbocycles. The lowest BCUT2D eigenvalue weighted by atomic mass is 10.4. The Bertz CT molecular complexity index is 273. The second-order valence-electron chi connectivity index (χ2n) is 2.33. The molecule has 0 N–H and O–H groups in total. The SMILES string of the molecule is COCc1nn(C)c(OC)c1Br. The highest BCUT2D eigenvalue weighted by Gasteiger charge is 2.13. The number of aromatic nitrogens is 2. The Morgan fingerprint density at radius 2 is 2.17 bits per heavy atom. The number of halogens is 1. The number of ether oxygens (including phenoxy) is 2. The summed E-state index contributed by atoms with van der Waals surface area (Å²) in [6, 6.07) is 0. The molecule has 1 aromatic heterocycles. The van der Waals surface area contributed by atoms with E-state index in [9.17, 15) is 0 Å². The van der Waals surface area contributed by atoms with Gasteiger partial charge >= 0.3 is 0 Å². The van der Waals surface area contributed by atoms with Crippen molar-refractivity contribution in [3.05, 3.63) is 10.2 Å². The number of hydrogen-bond donors (Lipinski definition) is 0. The molecule has 4 nitrogen and oxygen atoms in total. The summed E-state index contributed by atoms with van der Waals surface area (Å²) in [7, 11) is 5.06. The fourth-order valence-corrected chi connectivity index (χ4v) is 1.60. The van der Waals surface area contributed by atoms with E-state index in [0.717, 1.165) is 10.2 Å². The van der Waals surface area contributed by atoms with Crippen molar-refractivity contribution >= 4 is 15.9 Å². The number of hydrogen-bond acceptors (Lipinski definition) is 3. The van der Waals surface area contributed by atoms with Gasteiger partial charge in [-0.25, -0.2) is 4.68 Å². The predicted molar refractivity (Wildman–Crippen MR) is 48.2 cm³/mol. The van der Waals surface area contributed by atoms with Crippen LogP contribution in [0.15, 0.2) is 4.47 Å². The third kappa shape index (κ3) is 1.61. The molecular weight excluding hydrogens is 224 g/mol. The first-order valence-electron chi connectivity index (χ1n) is 3.45. The largest absolute Gasteiger partial charge is 0.480 e. The molecule has 68 valence electrons. The number of methoxy groups -OCH3 is 2. The summed E-state index contributed by atoms with van der Waals surface area (Å²) in [6.45, 7) is 0.484. The number of aryl methyl sites for hydroxylation is 1. The van der Waals surface area contributed by atoms with Crippen molar-refractivity contribution in [2.75, 3.05) is 14.2 Å². The zero-order chi connectivity index (χ0) is 9.14. The van der Waals surface area contributed by atoms with Crippen molar-refractivity contribution in [2.24, 2.45) is 7.05 Å². The molecular formula is C7H11BrN2O2. The standard InChI is InChI=1S/C7H11BrN2O2/c1-10-7(12-3)6(8)5(9-10)4-11-2/h4H2,1-3H3. The summed E-state index contributed by atoms with van der Waals surface area (Å²) in [5.41, 5.74) is 0.844. The zero-order valence-electron chi connectivity index (χ0n) is 7.30. The number of nitrogens with zero attached hydrogens (tertiary/aromatic N) is 2. The van der Waals surface area contributed by atoms with Crippen LogP contribution in [0.1, 0.15) is 5.69 Å². The topological polar surface area (TPSA) is 36.3 Å². The summed E-state index contributed by atoms with van der Waals surface area (Å²) in [4.78, 5) is 0. The summed E-state index contributed by atoms with van der Waals surface area (Å²) < 4.78 is 12.6. The van der Waals surface area contributed by atoms with Crippen molar-refractivity contribution in [1.82, 2.24) is 9.78 Å². The maximum absolute atomic E-state index is 5.10. The minimum atomic E-state index is 0.484. The molecule has 0 aliphatic carbocycles. The van der Waals surface area contributed by atoms with Crippen LogP contribution in [-0.2, 0) is 18.4 Å². The molecule has 0 atom stereocenters. The van der Waals surface area contributed by atoms with Crippen LogP contribution >= 0.6 is 15.9 Å². The van der Waals surface area contributed by atoms with Crippen LogP contribution in [0.4, 0.5) is 0 Å². The summed E-state index contributed by atoms with van der Waals surface area (Å²) in [6.07, 6.45) is 0. The van der Waals surface area contributed by atoms with Gasteiger partial charge in [0.05, 0.1) is 13.7 Å². The molecule has 0 spiro atoms. The third-order valence-corrected chi connectivity index (χ3v) is 2.28. The van der Waals surface area contributed by atoms with Crippen molar-refractivity contribution in [3.8, 4) is 5.88 Å². The molecule has 5 heteroatoms. The van der Waals surface area contributed by atoms with E-state index in [0.29, 0.717) is 12.5 Å². The second-order valence-corrected chi connectivity index (χ2v) is 3.12. The molecule has 1 aromatic rings. The molecule has 0 aliphatic heterocycles. The van der Waals surface area contributed by atoms with Crippen LogP contribution in [0, 0.1) is 0 Å². The highest BCUT2D eigenvalue weighted by Crippen LogP contribution is 2.27. The van der Waals surface area contributed by atoms with E-state index in [2.05, 4.69) is 21.0 Å². The first-order chi connectivity index (χ1) is 5.70. The molecule has 1 rings (SSSR count). The quantitative estimate of drug-likeness (QED) is 0.793. The van der Waals surface area contributed by atoms with Crippen molar-refractivity contribution in [1.29, 1.82) is 0 Å². The lowest BCUT2D eigenvalue weighted by Gasteiger charge is -1.98. The molecule has 0 aliphatic rings. The van der Waals surface area contributed by atoms with Gasteiger partial charge in [0.1, 0.15) is 10.2 Å². The van der Waals surface area contributed by atoms with Gasteiger partial charge in [0.15, 0.2) is 0 Å². The first-order valence-corrected chi connectivity index (χ1v) is 4.24. The predicted octanol–water partition coefficient (Wildman–Crippen LogP) is 1.34. The minimum Gasteiger partial charge on any atom is -0.480 e. The Labute approximate surface area is 79.6 Å². The second kappa shape index (κ2) is 3.91. The van der Waals surface area contributed by atoms with Crippen LogP contribution in [0.25, 0.3) is 0 Å². The van der Waals surface area contributed by atoms with Gasteiger partial charge in [-0.2, -0.15) is 5.10 Å². The Balaban J connectivity index is 3.00. The Kier molecular flexibility index (Phi) is 3.11. The third-order valence-electron chi connectivity index (χ3n) is 1.48. The summed E-state index contributed by atoms with van der Waals surface area (Å²) >= 11 is 3.37. The molecule has 0 radical (unpaired) electrons. The fourth-order valence-electron chi connectivity index (χ4n) is 0.987. The van der Waals surface area contributed by atoms with Crippen molar-refractivity contribution < 1.29 is 9.47 Å². The van der Waals surface area contributed by atoms with Crippen LogP contribution in [0.2, 0.25) is 0 Å². The van der Waals surface area contributed by atoms with Crippen LogP contribution in [0.5, 0.6) is 5.88 Å². The maximum atomic E-state index is 5.10. The molecule has 0 unspecified atom stereocenters. The maximum Gasteiger partial charge on any atom is 0.226 e. The Hall–Kier alpha value is -0.550. The highest BCUT2D eigenvalue weighted by atomic mass is 79.9. The van der Waals surface area contributed by atoms with Gasteiger partial charge in [-0.15, -0.1) is 0 Å². The Morgan fingerprint density at radius 1 is 1.50 bits per heavy atom. The van der Waals surface area contributed by atoms with E-state index in [1.165, 1.54) is 0 Å². The van der Waals surface area contributed by atoms with Gasteiger partial charge in [-0.05, 0) is 15.9 Å². The van der Waals surface area contributed by atoms with Crippen molar-refractivity contribution in [2.45, 2.75) is 6.61 Å². The lowest BCUT2D eigenvalue weighted by Crippen LogP contribution is -1.95. The van der Waals surface area contributed by atoms with E-state index < -0.39 is 0 Å². The van der Waals surface area contributed by atoms with E-state index in [4.69, 9.17) is 9.47 Å². The molecule has 0 amide bonds. The summed E-state index contributed by atoms with van der Waals surface area (Å²) in [5.74, 6) is 0.710. The highest BCUT2D eigenvalue weighted by molar-refractivity contribution is 9.10. The molecule has 0 saturated heterocycles. The van der Waals surface area contributed by atoms with Gasteiger partial charge in [0.2, 0.25) is 5.88 Å². The van der Waals surface area contributed by atoms with E-state index in [1.54, 1.807) is 18.9 Å². The van der Waals surface area contributed by atoms with Gasteiger partial charge in [0, 0.05) is 14.2 Å². The van der Waals surface area contributed by atoms with Gasteiger partial charge in [-0.1, -0.05) is 0 Å². The van der Waals surface area contributed by atoms with Gasteiger partial charge in [-0.3, -0.25) is 0 Å². The minimum absolute atomic E-state index is 0.484. The van der Waals surface area contributed by atoms with E-state index in [1.807, 2.05) is 7.05 Å². The molecule has 0 fully saturated rings. The van der Waals surface area contributed by atoms with Crippen LogP contribution < -0.4 is 4.74 Å². The molecule has 12 heavy (non-hydrogen) atoms. The summed E-state index contributed by atoms with van der Waals surface area (Å²) in [5, 5.41) is 4.19. The molecule has 0 bridgehead atoms. The monoisotopic (exact) mass is 234 g/mol. The van der Waals surface area contributed by atoms with Crippen molar-refractivity contribution in [3.63, 3.8) is 0 Å². The van der Waals surface area contributed by atoms with Crippen LogP contribution in [-0.4, -0.2) is 24.0 Å². The van der Waals surface area contributed by atoms with Gasteiger partial charge in [0.25, 0.3) is 0 Å². The zero-order valence-corrected chi connectivity index (χ0v) is 8.88. The molecule has 0 saturated carbocycles. The normalized spacial score (nSPS) is 10.3. The average Bonchev–Trinajstić information content (AvgIpc) is 2.29. The smallest absolute Gasteiger partial charge is 0.226 e. The average molecular weight is 235 g/mol. The fraction of sp³-hybridized carbons (Fsp3) is 0.571. The van der Waals surface area contributed by atoms with Crippen LogP contribution in [0.3, 0.4) is 0 Å². The first kappa shape index (κ1) is 9.54. The lowest BCUT2D eigenvalue weighted by molar-refractivity contribution is 0.180. The molecule has 1 heterocycles. The van der Waals surface area contributed by atoms with Gasteiger partial charge < -0.3 is 9.47 Å². The van der Waals surface area contributed by atoms with E-state index in [-0.39, 0.29) is 0 Å².